The van der Waals surface area contributed by atoms with E-state index < -0.39 is 5.82 Å². The average Bonchev–Trinajstić information content (AvgIpc) is 3.21. The second-order valence-electron chi connectivity index (χ2n) is 6.53. The number of hydrogen-bond acceptors (Lipinski definition) is 7. The Labute approximate surface area is 149 Å². The minimum absolute atomic E-state index is 0.00615. The zero-order chi connectivity index (χ0) is 18.3. The molecule has 4 rings (SSSR count). The minimum Gasteiger partial charge on any atom is -0.368 e. The number of nitrogens with two attached hydrogens (primary N) is 1. The summed E-state index contributed by atoms with van der Waals surface area (Å²) in [5.41, 5.74) is 7.82. The van der Waals surface area contributed by atoms with Gasteiger partial charge in [0.25, 0.3) is 0 Å². The first kappa shape index (κ1) is 16.4. The number of fused-ring (bicyclic) bond motifs is 1. The first-order valence-electron chi connectivity index (χ1n) is 8.40. The number of rotatable bonds is 4. The van der Waals surface area contributed by atoms with Crippen molar-refractivity contribution in [3.63, 3.8) is 0 Å². The van der Waals surface area contributed by atoms with E-state index >= 15 is 0 Å². The Balaban J connectivity index is 1.71. The van der Waals surface area contributed by atoms with Crippen LogP contribution in [0.15, 0.2) is 24.9 Å². The van der Waals surface area contributed by atoms with Crippen molar-refractivity contribution in [1.82, 2.24) is 29.5 Å². The molecule has 3 aromatic rings. The third kappa shape index (κ3) is 2.96. The molecule has 26 heavy (non-hydrogen) atoms. The van der Waals surface area contributed by atoms with Gasteiger partial charge in [0.05, 0.1) is 24.4 Å². The van der Waals surface area contributed by atoms with Crippen molar-refractivity contribution >= 4 is 17.6 Å². The van der Waals surface area contributed by atoms with Crippen molar-refractivity contribution in [2.24, 2.45) is 7.05 Å². The van der Waals surface area contributed by atoms with E-state index in [2.05, 4.69) is 30.2 Å². The van der Waals surface area contributed by atoms with E-state index in [0.717, 1.165) is 24.1 Å². The summed E-state index contributed by atoms with van der Waals surface area (Å²) in [6, 6.07) is 0. The summed E-state index contributed by atoms with van der Waals surface area (Å²) in [6.45, 7) is 2.04. The molecule has 9 heteroatoms. The number of hydrogen-bond donors (Lipinski definition) is 2. The van der Waals surface area contributed by atoms with Gasteiger partial charge in [0.2, 0.25) is 5.95 Å². The van der Waals surface area contributed by atoms with E-state index in [0.29, 0.717) is 17.5 Å². The quantitative estimate of drug-likeness (QED) is 0.740. The predicted octanol–water partition coefficient (Wildman–Crippen LogP) is 2.30. The summed E-state index contributed by atoms with van der Waals surface area (Å²) in [5.74, 6) is 1.84. The number of nitrogens with one attached hydrogen (secondary N) is 1. The number of aromatic nitrogens is 6. The fraction of sp³-hybridized carbons (Fsp3) is 0.353. The van der Waals surface area contributed by atoms with Crippen molar-refractivity contribution in [1.29, 1.82) is 0 Å². The number of nitrogen functional groups attached to an aromatic ring is 1. The monoisotopic (exact) mass is 354 g/mol. The fourth-order valence-corrected chi connectivity index (χ4v) is 3.48. The molecular formula is C17H19FN8. The SMILES string of the molecule is CC(c1ncc(F)cn1)C1CCc2nc(N)nc(Nc3cn(C)cn3)c21. The highest BCUT2D eigenvalue weighted by molar-refractivity contribution is 5.61. The third-order valence-electron chi connectivity index (χ3n) is 4.71. The summed E-state index contributed by atoms with van der Waals surface area (Å²) in [6.07, 6.45) is 7.64. The Bertz CT molecular complexity index is 936. The van der Waals surface area contributed by atoms with Crippen molar-refractivity contribution in [3.8, 4) is 0 Å². The molecule has 0 radical (unpaired) electrons. The van der Waals surface area contributed by atoms with Gasteiger partial charge in [-0.15, -0.1) is 0 Å². The second kappa shape index (κ2) is 6.32. The van der Waals surface area contributed by atoms with Crippen LogP contribution in [0.3, 0.4) is 0 Å². The van der Waals surface area contributed by atoms with E-state index in [-0.39, 0.29) is 17.8 Å². The van der Waals surface area contributed by atoms with Crippen LogP contribution in [0.25, 0.3) is 0 Å². The molecule has 0 saturated carbocycles. The van der Waals surface area contributed by atoms with Crippen molar-refractivity contribution in [2.45, 2.75) is 31.6 Å². The molecule has 3 aromatic heterocycles. The number of nitrogens with zero attached hydrogens (tertiary/aromatic N) is 6. The fourth-order valence-electron chi connectivity index (χ4n) is 3.48. The Hall–Kier alpha value is -3.10. The van der Waals surface area contributed by atoms with Crippen LogP contribution in [0.1, 0.15) is 42.3 Å². The predicted molar refractivity (Wildman–Crippen MR) is 94.4 cm³/mol. The average molecular weight is 354 g/mol. The van der Waals surface area contributed by atoms with Crippen molar-refractivity contribution in [3.05, 3.63) is 47.8 Å². The third-order valence-corrected chi connectivity index (χ3v) is 4.71. The number of aryl methyl sites for hydroxylation is 2. The summed E-state index contributed by atoms with van der Waals surface area (Å²) in [7, 11) is 1.90. The van der Waals surface area contributed by atoms with Gasteiger partial charge < -0.3 is 15.6 Å². The highest BCUT2D eigenvalue weighted by Gasteiger charge is 2.34. The molecule has 0 bridgehead atoms. The summed E-state index contributed by atoms with van der Waals surface area (Å²) >= 11 is 0. The van der Waals surface area contributed by atoms with E-state index in [1.807, 2.05) is 24.7 Å². The number of imidazole rings is 1. The first-order chi connectivity index (χ1) is 12.5. The van der Waals surface area contributed by atoms with Gasteiger partial charge in [-0.1, -0.05) is 6.92 Å². The molecule has 0 amide bonds. The van der Waals surface area contributed by atoms with Gasteiger partial charge in [-0.2, -0.15) is 4.98 Å². The Morgan fingerprint density at radius 2 is 2.04 bits per heavy atom. The summed E-state index contributed by atoms with van der Waals surface area (Å²) < 4.78 is 15.0. The van der Waals surface area contributed by atoms with Crippen LogP contribution in [0.4, 0.5) is 22.0 Å². The van der Waals surface area contributed by atoms with Crippen LogP contribution >= 0.6 is 0 Å². The van der Waals surface area contributed by atoms with Crippen LogP contribution in [-0.4, -0.2) is 29.5 Å². The zero-order valence-corrected chi connectivity index (χ0v) is 14.5. The molecule has 0 aliphatic heterocycles. The molecule has 0 aromatic carbocycles. The Morgan fingerprint density at radius 1 is 1.27 bits per heavy atom. The number of anilines is 3. The summed E-state index contributed by atoms with van der Waals surface area (Å²) in [4.78, 5) is 21.4. The largest absolute Gasteiger partial charge is 0.368 e. The second-order valence-corrected chi connectivity index (χ2v) is 6.53. The van der Waals surface area contributed by atoms with E-state index in [1.54, 1.807) is 6.33 Å². The maximum absolute atomic E-state index is 13.1. The molecule has 0 saturated heterocycles. The molecule has 1 aliphatic carbocycles. The Morgan fingerprint density at radius 3 is 2.73 bits per heavy atom. The van der Waals surface area contributed by atoms with Crippen LogP contribution < -0.4 is 11.1 Å². The molecule has 0 fully saturated rings. The van der Waals surface area contributed by atoms with Crippen molar-refractivity contribution < 1.29 is 4.39 Å². The molecule has 0 spiro atoms. The highest BCUT2D eigenvalue weighted by Crippen LogP contribution is 2.44. The van der Waals surface area contributed by atoms with Crippen LogP contribution in [0, 0.1) is 5.82 Å². The molecular weight excluding hydrogens is 335 g/mol. The van der Waals surface area contributed by atoms with Crippen LogP contribution in [-0.2, 0) is 13.5 Å². The molecule has 3 N–H and O–H groups in total. The van der Waals surface area contributed by atoms with Gasteiger partial charge in [0.1, 0.15) is 17.5 Å². The van der Waals surface area contributed by atoms with Gasteiger partial charge in [0.15, 0.2) is 5.82 Å². The van der Waals surface area contributed by atoms with Crippen LogP contribution in [0.2, 0.25) is 0 Å². The smallest absolute Gasteiger partial charge is 0.222 e. The molecule has 8 nitrogen and oxygen atoms in total. The lowest BCUT2D eigenvalue weighted by atomic mass is 9.88. The standard InChI is InChI=1S/C17H19FN8/c1-9(15-20-5-10(18)6-21-15)11-3-4-12-14(11)16(25-17(19)23-12)24-13-7-26(2)8-22-13/h5-9,11H,3-4H2,1-2H3,(H3,19,23,24,25). The normalized spacial score (nSPS) is 17.1. The van der Waals surface area contributed by atoms with Crippen molar-refractivity contribution in [2.75, 3.05) is 11.1 Å². The number of halogens is 1. The summed E-state index contributed by atoms with van der Waals surface area (Å²) in [5, 5.41) is 3.25. The zero-order valence-electron chi connectivity index (χ0n) is 14.5. The van der Waals surface area contributed by atoms with E-state index in [9.17, 15) is 4.39 Å². The molecule has 3 heterocycles. The lowest BCUT2D eigenvalue weighted by Gasteiger charge is -2.21. The topological polar surface area (TPSA) is 107 Å². The Kier molecular flexibility index (Phi) is 3.98. The van der Waals surface area contributed by atoms with E-state index in [1.165, 1.54) is 12.4 Å². The maximum atomic E-state index is 13.1. The van der Waals surface area contributed by atoms with Gasteiger partial charge in [-0.3, -0.25) is 0 Å². The first-order valence-corrected chi connectivity index (χ1v) is 8.40. The lowest BCUT2D eigenvalue weighted by molar-refractivity contribution is 0.535. The van der Waals surface area contributed by atoms with Gasteiger partial charge >= 0.3 is 0 Å². The lowest BCUT2D eigenvalue weighted by Crippen LogP contribution is -2.13. The maximum Gasteiger partial charge on any atom is 0.222 e. The highest BCUT2D eigenvalue weighted by atomic mass is 19.1. The minimum atomic E-state index is -0.443. The van der Waals surface area contributed by atoms with Crippen LogP contribution in [0.5, 0.6) is 0 Å². The van der Waals surface area contributed by atoms with Gasteiger partial charge in [-0.05, 0) is 18.8 Å². The molecule has 134 valence electrons. The van der Waals surface area contributed by atoms with E-state index in [4.69, 9.17) is 5.73 Å². The molecule has 2 atom stereocenters. The van der Waals surface area contributed by atoms with Gasteiger partial charge in [0, 0.05) is 24.7 Å². The molecule has 2 unspecified atom stereocenters. The molecule has 1 aliphatic rings. The van der Waals surface area contributed by atoms with Gasteiger partial charge in [-0.25, -0.2) is 24.3 Å².